The van der Waals surface area contributed by atoms with Crippen molar-refractivity contribution in [1.82, 2.24) is 10.2 Å². The van der Waals surface area contributed by atoms with Crippen LogP contribution in [0.3, 0.4) is 0 Å². The Kier molecular flexibility index (Phi) is 10.6. The van der Waals surface area contributed by atoms with E-state index < -0.39 is 0 Å². The number of hydrogen-bond acceptors (Lipinski definition) is 4. The lowest BCUT2D eigenvalue weighted by molar-refractivity contribution is -0.116. The summed E-state index contributed by atoms with van der Waals surface area (Å²) in [6.07, 6.45) is 5.74. The van der Waals surface area contributed by atoms with Crippen LogP contribution in [-0.2, 0) is 11.3 Å². The van der Waals surface area contributed by atoms with Gasteiger partial charge in [-0.1, -0.05) is 51.3 Å². The van der Waals surface area contributed by atoms with Crippen molar-refractivity contribution in [1.29, 1.82) is 0 Å². The van der Waals surface area contributed by atoms with Crippen LogP contribution in [0.15, 0.2) is 48.5 Å². The van der Waals surface area contributed by atoms with Crippen LogP contribution in [0.4, 0.5) is 5.69 Å². The van der Waals surface area contributed by atoms with Gasteiger partial charge in [0.2, 0.25) is 5.91 Å². The molecule has 0 atom stereocenters. The second-order valence-electron chi connectivity index (χ2n) is 9.83. The standard InChI is InChI=1S/C29H41N3O3/c1-23(2)21-31-17-10-5-4-6-11-18-32(24(3)33)28-15-14-25(20-26(28)22-31)29(34)30-16-19-35-27-12-8-7-9-13-27/h7-9,12-15,20,23H,4-6,10-11,16-19,21-22H2,1-3H3,(H,30,34). The molecule has 0 aliphatic carbocycles. The van der Waals surface area contributed by atoms with Crippen molar-refractivity contribution in [2.45, 2.75) is 59.4 Å². The monoisotopic (exact) mass is 479 g/mol. The van der Waals surface area contributed by atoms with Gasteiger partial charge in [0.25, 0.3) is 5.91 Å². The molecule has 1 aliphatic heterocycles. The maximum atomic E-state index is 12.9. The summed E-state index contributed by atoms with van der Waals surface area (Å²) in [5.74, 6) is 1.26. The molecule has 0 radical (unpaired) electrons. The van der Waals surface area contributed by atoms with Crippen molar-refractivity contribution < 1.29 is 14.3 Å². The molecular weight excluding hydrogens is 438 g/mol. The van der Waals surface area contributed by atoms with Crippen LogP contribution in [0.5, 0.6) is 5.75 Å². The van der Waals surface area contributed by atoms with Crippen LogP contribution < -0.4 is 15.0 Å². The topological polar surface area (TPSA) is 61.9 Å². The first kappa shape index (κ1) is 26.7. The molecule has 3 rings (SSSR count). The number of carbonyl (C=O) groups is 2. The van der Waals surface area contributed by atoms with Gasteiger partial charge in [0, 0.05) is 37.8 Å². The number of fused-ring (bicyclic) bond motifs is 1. The third-order valence-electron chi connectivity index (χ3n) is 6.29. The van der Waals surface area contributed by atoms with E-state index in [0.29, 0.717) is 24.6 Å². The van der Waals surface area contributed by atoms with Crippen LogP contribution in [0.25, 0.3) is 0 Å². The predicted octanol–water partition coefficient (Wildman–Crippen LogP) is 5.27. The third-order valence-corrected chi connectivity index (χ3v) is 6.29. The van der Waals surface area contributed by atoms with Gasteiger partial charge in [-0.3, -0.25) is 14.5 Å². The first-order valence-electron chi connectivity index (χ1n) is 13.0. The number of para-hydroxylation sites is 1. The van der Waals surface area contributed by atoms with Crippen molar-refractivity contribution in [2.24, 2.45) is 5.92 Å². The van der Waals surface area contributed by atoms with E-state index in [2.05, 4.69) is 24.1 Å². The van der Waals surface area contributed by atoms with Crippen molar-refractivity contribution in [3.05, 3.63) is 59.7 Å². The highest BCUT2D eigenvalue weighted by molar-refractivity contribution is 5.97. The molecule has 1 heterocycles. The summed E-state index contributed by atoms with van der Waals surface area (Å²) in [6.45, 7) is 10.4. The van der Waals surface area contributed by atoms with Crippen LogP contribution in [0.2, 0.25) is 0 Å². The molecule has 1 aliphatic rings. The van der Waals surface area contributed by atoms with Gasteiger partial charge in [0.15, 0.2) is 0 Å². The highest BCUT2D eigenvalue weighted by atomic mass is 16.5. The molecule has 0 spiro atoms. The van der Waals surface area contributed by atoms with E-state index in [-0.39, 0.29) is 11.8 Å². The highest BCUT2D eigenvalue weighted by Crippen LogP contribution is 2.26. The minimum absolute atomic E-state index is 0.0500. The van der Waals surface area contributed by atoms with E-state index >= 15 is 0 Å². The van der Waals surface area contributed by atoms with E-state index in [9.17, 15) is 9.59 Å². The van der Waals surface area contributed by atoms with Gasteiger partial charge in [-0.25, -0.2) is 0 Å². The van der Waals surface area contributed by atoms with E-state index in [4.69, 9.17) is 4.74 Å². The Bertz CT molecular complexity index is 945. The lowest BCUT2D eigenvalue weighted by Gasteiger charge is -2.30. The fourth-order valence-electron chi connectivity index (χ4n) is 4.64. The number of ether oxygens (including phenoxy) is 1. The quantitative estimate of drug-likeness (QED) is 0.550. The van der Waals surface area contributed by atoms with Crippen LogP contribution in [0, 0.1) is 5.92 Å². The van der Waals surface area contributed by atoms with Gasteiger partial charge in [0.1, 0.15) is 12.4 Å². The number of hydrogen-bond donors (Lipinski definition) is 1. The number of nitrogens with zero attached hydrogens (tertiary/aromatic N) is 2. The summed E-state index contributed by atoms with van der Waals surface area (Å²) in [7, 11) is 0. The Morgan fingerprint density at radius 3 is 2.40 bits per heavy atom. The Morgan fingerprint density at radius 2 is 1.69 bits per heavy atom. The Labute approximate surface area is 210 Å². The smallest absolute Gasteiger partial charge is 0.251 e. The summed E-state index contributed by atoms with van der Waals surface area (Å²) in [5.41, 5.74) is 2.58. The molecule has 1 N–H and O–H groups in total. The number of nitrogens with one attached hydrogen (secondary N) is 1. The molecule has 0 saturated carbocycles. The molecule has 35 heavy (non-hydrogen) atoms. The average Bonchev–Trinajstić information content (AvgIpc) is 2.83. The molecular formula is C29H41N3O3. The third kappa shape index (κ3) is 8.70. The number of anilines is 1. The Hall–Kier alpha value is -2.86. The molecule has 2 aromatic rings. The average molecular weight is 480 g/mol. The lowest BCUT2D eigenvalue weighted by Crippen LogP contribution is -2.34. The second kappa shape index (κ2) is 13.9. The second-order valence-corrected chi connectivity index (χ2v) is 9.83. The van der Waals surface area contributed by atoms with E-state index in [0.717, 1.165) is 56.0 Å². The van der Waals surface area contributed by atoms with Gasteiger partial charge in [-0.2, -0.15) is 0 Å². The summed E-state index contributed by atoms with van der Waals surface area (Å²) in [5, 5.41) is 2.96. The summed E-state index contributed by atoms with van der Waals surface area (Å²) < 4.78 is 5.69. The fraction of sp³-hybridized carbons (Fsp3) is 0.517. The predicted molar refractivity (Wildman–Crippen MR) is 142 cm³/mol. The molecule has 0 fully saturated rings. The first-order valence-corrected chi connectivity index (χ1v) is 13.0. The van der Waals surface area contributed by atoms with Crippen LogP contribution in [0.1, 0.15) is 68.8 Å². The minimum Gasteiger partial charge on any atom is -0.492 e. The Balaban J connectivity index is 1.77. The molecule has 0 unspecified atom stereocenters. The van der Waals surface area contributed by atoms with Crippen LogP contribution in [-0.4, -0.2) is 49.5 Å². The lowest BCUT2D eigenvalue weighted by atomic mass is 10.0. The first-order chi connectivity index (χ1) is 16.9. The molecule has 6 nitrogen and oxygen atoms in total. The number of rotatable bonds is 7. The molecule has 0 aromatic heterocycles. The minimum atomic E-state index is -0.125. The van der Waals surface area contributed by atoms with Crippen LogP contribution >= 0.6 is 0 Å². The molecule has 6 heteroatoms. The Morgan fingerprint density at radius 1 is 0.971 bits per heavy atom. The van der Waals surface area contributed by atoms with Gasteiger partial charge in [-0.15, -0.1) is 0 Å². The fourth-order valence-corrected chi connectivity index (χ4v) is 4.64. The van der Waals surface area contributed by atoms with Crippen molar-refractivity contribution >= 4 is 17.5 Å². The molecule has 2 amide bonds. The van der Waals surface area contributed by atoms with E-state index in [1.54, 1.807) is 6.92 Å². The van der Waals surface area contributed by atoms with Gasteiger partial charge < -0.3 is 15.0 Å². The SMILES string of the molecule is CC(=O)N1CCCCCCCN(CC(C)C)Cc2cc(C(=O)NCCOc3ccccc3)ccc21. The zero-order chi connectivity index (χ0) is 25.0. The van der Waals surface area contributed by atoms with Gasteiger partial charge in [-0.05, 0) is 61.2 Å². The number of amides is 2. The van der Waals surface area contributed by atoms with Gasteiger partial charge in [0.05, 0.1) is 6.54 Å². The molecule has 2 aromatic carbocycles. The zero-order valence-electron chi connectivity index (χ0n) is 21.6. The highest BCUT2D eigenvalue weighted by Gasteiger charge is 2.20. The molecule has 0 saturated heterocycles. The number of benzene rings is 2. The maximum Gasteiger partial charge on any atom is 0.251 e. The van der Waals surface area contributed by atoms with Crippen molar-refractivity contribution in [3.63, 3.8) is 0 Å². The summed E-state index contributed by atoms with van der Waals surface area (Å²) in [6, 6.07) is 15.3. The molecule has 190 valence electrons. The van der Waals surface area contributed by atoms with Crippen molar-refractivity contribution in [3.8, 4) is 5.75 Å². The van der Waals surface area contributed by atoms with E-state index in [1.165, 1.54) is 19.3 Å². The normalized spacial score (nSPS) is 15.6. The largest absolute Gasteiger partial charge is 0.492 e. The summed E-state index contributed by atoms with van der Waals surface area (Å²) >= 11 is 0. The number of carbonyl (C=O) groups excluding carboxylic acids is 2. The van der Waals surface area contributed by atoms with E-state index in [1.807, 2.05) is 53.4 Å². The molecule has 0 bridgehead atoms. The summed E-state index contributed by atoms with van der Waals surface area (Å²) in [4.78, 5) is 29.9. The van der Waals surface area contributed by atoms with Crippen molar-refractivity contribution in [2.75, 3.05) is 37.7 Å². The zero-order valence-corrected chi connectivity index (χ0v) is 21.6. The maximum absolute atomic E-state index is 12.9. The van der Waals surface area contributed by atoms with Gasteiger partial charge >= 0.3 is 0 Å².